The molecule has 0 bridgehead atoms. The van der Waals surface area contributed by atoms with Gasteiger partial charge in [-0.1, -0.05) is 30.3 Å². The van der Waals surface area contributed by atoms with Crippen LogP contribution in [0.3, 0.4) is 0 Å². The minimum Gasteiger partial charge on any atom is -0.497 e. The Kier molecular flexibility index (Phi) is 4.65. The van der Waals surface area contributed by atoms with Gasteiger partial charge in [-0.15, -0.1) is 0 Å². The predicted molar refractivity (Wildman–Crippen MR) is 85.6 cm³/mol. The summed E-state index contributed by atoms with van der Waals surface area (Å²) in [5.41, 5.74) is 0.926. The standard InChI is InChI=1S/C15H16N4O2S/c20-14(16-10-12-8-4-5-9-21-12)18-15-17-13(19-22-15)11-6-2-1-3-7-11/h1-3,5-7,9,12H,4,8,10H2,(H2,16,17,18,19,20)/t12-/m0/s1. The van der Waals surface area contributed by atoms with Crippen molar-refractivity contribution in [2.45, 2.75) is 18.9 Å². The van der Waals surface area contributed by atoms with Gasteiger partial charge in [0.25, 0.3) is 0 Å². The van der Waals surface area contributed by atoms with Gasteiger partial charge in [0.15, 0.2) is 5.82 Å². The van der Waals surface area contributed by atoms with E-state index < -0.39 is 0 Å². The van der Waals surface area contributed by atoms with Crippen molar-refractivity contribution in [3.05, 3.63) is 42.7 Å². The van der Waals surface area contributed by atoms with E-state index in [0.29, 0.717) is 17.5 Å². The molecule has 1 aromatic heterocycles. The van der Waals surface area contributed by atoms with E-state index in [0.717, 1.165) is 29.9 Å². The number of hydrogen-bond donors (Lipinski definition) is 2. The monoisotopic (exact) mass is 316 g/mol. The Morgan fingerprint density at radius 3 is 3.00 bits per heavy atom. The van der Waals surface area contributed by atoms with Gasteiger partial charge < -0.3 is 10.1 Å². The maximum atomic E-state index is 11.8. The number of carbonyl (C=O) groups is 1. The molecule has 0 radical (unpaired) electrons. The summed E-state index contributed by atoms with van der Waals surface area (Å²) in [4.78, 5) is 16.2. The van der Waals surface area contributed by atoms with Gasteiger partial charge in [-0.05, 0) is 18.9 Å². The van der Waals surface area contributed by atoms with Gasteiger partial charge in [0.05, 0.1) is 12.8 Å². The molecule has 1 aliphatic heterocycles. The number of nitrogens with one attached hydrogen (secondary N) is 2. The molecule has 0 saturated heterocycles. The second kappa shape index (κ2) is 7.04. The Hall–Kier alpha value is -2.41. The van der Waals surface area contributed by atoms with Gasteiger partial charge in [0.2, 0.25) is 5.13 Å². The molecule has 2 aromatic rings. The second-order valence-corrected chi connectivity index (χ2v) is 5.58. The molecule has 22 heavy (non-hydrogen) atoms. The molecule has 114 valence electrons. The Balaban J connectivity index is 1.51. The first kappa shape index (κ1) is 14.5. The SMILES string of the molecule is O=C(NC[C@@H]1CCC=CO1)Nc1nc(-c2ccccc2)ns1. The van der Waals surface area contributed by atoms with Crippen molar-refractivity contribution in [3.8, 4) is 11.4 Å². The highest BCUT2D eigenvalue weighted by Crippen LogP contribution is 2.20. The zero-order valence-corrected chi connectivity index (χ0v) is 12.7. The predicted octanol–water partition coefficient (Wildman–Crippen LogP) is 3.02. The first-order valence-corrected chi connectivity index (χ1v) is 7.83. The highest BCUT2D eigenvalue weighted by molar-refractivity contribution is 7.10. The molecule has 0 unspecified atom stereocenters. The Morgan fingerprint density at radius 1 is 1.36 bits per heavy atom. The second-order valence-electron chi connectivity index (χ2n) is 4.83. The maximum absolute atomic E-state index is 11.8. The quantitative estimate of drug-likeness (QED) is 0.909. The van der Waals surface area contributed by atoms with Crippen LogP contribution in [-0.2, 0) is 4.74 Å². The van der Waals surface area contributed by atoms with Crippen LogP contribution in [0, 0.1) is 0 Å². The number of rotatable bonds is 4. The van der Waals surface area contributed by atoms with Crippen LogP contribution in [0.5, 0.6) is 0 Å². The molecule has 1 atom stereocenters. The maximum Gasteiger partial charge on any atom is 0.321 e. The number of urea groups is 1. The fourth-order valence-electron chi connectivity index (χ4n) is 2.06. The van der Waals surface area contributed by atoms with E-state index in [1.54, 1.807) is 6.26 Å². The molecule has 7 heteroatoms. The van der Waals surface area contributed by atoms with Crippen LogP contribution in [0.25, 0.3) is 11.4 Å². The molecular formula is C15H16N4O2S. The van der Waals surface area contributed by atoms with Crippen LogP contribution in [-0.4, -0.2) is 28.0 Å². The number of nitrogens with zero attached hydrogens (tertiary/aromatic N) is 2. The van der Waals surface area contributed by atoms with Crippen LogP contribution in [0.1, 0.15) is 12.8 Å². The Bertz CT molecular complexity index is 657. The molecule has 0 spiro atoms. The molecule has 1 aromatic carbocycles. The summed E-state index contributed by atoms with van der Waals surface area (Å²) >= 11 is 1.16. The van der Waals surface area contributed by atoms with Gasteiger partial charge in [0, 0.05) is 17.1 Å². The summed E-state index contributed by atoms with van der Waals surface area (Å²) in [6.07, 6.45) is 5.58. The van der Waals surface area contributed by atoms with E-state index in [4.69, 9.17) is 4.74 Å². The Labute approximate surface area is 132 Å². The van der Waals surface area contributed by atoms with Gasteiger partial charge in [-0.2, -0.15) is 9.36 Å². The number of amides is 2. The van der Waals surface area contributed by atoms with Crippen molar-refractivity contribution in [1.29, 1.82) is 0 Å². The smallest absolute Gasteiger partial charge is 0.321 e. The summed E-state index contributed by atoms with van der Waals surface area (Å²) < 4.78 is 9.64. The molecule has 2 N–H and O–H groups in total. The first-order chi connectivity index (χ1) is 10.8. The lowest BCUT2D eigenvalue weighted by atomic mass is 10.1. The third-order valence-corrected chi connectivity index (χ3v) is 3.82. The highest BCUT2D eigenvalue weighted by atomic mass is 32.1. The molecule has 6 nitrogen and oxygen atoms in total. The summed E-state index contributed by atoms with van der Waals surface area (Å²) in [6.45, 7) is 0.473. The molecule has 0 aliphatic carbocycles. The van der Waals surface area contributed by atoms with Crippen molar-refractivity contribution >= 4 is 22.7 Å². The molecule has 0 fully saturated rings. The zero-order chi connectivity index (χ0) is 15.2. The molecule has 0 saturated carbocycles. The van der Waals surface area contributed by atoms with Gasteiger partial charge in [-0.25, -0.2) is 4.79 Å². The van der Waals surface area contributed by atoms with E-state index in [2.05, 4.69) is 20.0 Å². The van der Waals surface area contributed by atoms with Crippen LogP contribution in [0.4, 0.5) is 9.93 Å². The number of hydrogen-bond acceptors (Lipinski definition) is 5. The number of anilines is 1. The lowest BCUT2D eigenvalue weighted by Crippen LogP contribution is -2.36. The topological polar surface area (TPSA) is 76.1 Å². The molecular weight excluding hydrogens is 300 g/mol. The van der Waals surface area contributed by atoms with Crippen molar-refractivity contribution in [1.82, 2.24) is 14.7 Å². The molecule has 2 heterocycles. The van der Waals surface area contributed by atoms with E-state index in [1.165, 1.54) is 0 Å². The molecule has 3 rings (SSSR count). The van der Waals surface area contributed by atoms with E-state index in [1.807, 2.05) is 36.4 Å². The Morgan fingerprint density at radius 2 is 2.23 bits per heavy atom. The van der Waals surface area contributed by atoms with Gasteiger partial charge >= 0.3 is 6.03 Å². The van der Waals surface area contributed by atoms with Crippen LogP contribution >= 0.6 is 11.5 Å². The van der Waals surface area contributed by atoms with Crippen molar-refractivity contribution < 1.29 is 9.53 Å². The largest absolute Gasteiger partial charge is 0.497 e. The normalized spacial score (nSPS) is 16.8. The van der Waals surface area contributed by atoms with Crippen molar-refractivity contribution in [3.63, 3.8) is 0 Å². The average molecular weight is 316 g/mol. The zero-order valence-electron chi connectivity index (χ0n) is 11.9. The fourth-order valence-corrected chi connectivity index (χ4v) is 2.65. The number of benzene rings is 1. The summed E-state index contributed by atoms with van der Waals surface area (Å²) in [5.74, 6) is 0.613. The lowest BCUT2D eigenvalue weighted by Gasteiger charge is -2.19. The summed E-state index contributed by atoms with van der Waals surface area (Å²) in [7, 11) is 0. The minimum atomic E-state index is -0.297. The van der Waals surface area contributed by atoms with E-state index in [-0.39, 0.29) is 12.1 Å². The number of allylic oxidation sites excluding steroid dienone is 1. The van der Waals surface area contributed by atoms with E-state index >= 15 is 0 Å². The van der Waals surface area contributed by atoms with E-state index in [9.17, 15) is 4.79 Å². The highest BCUT2D eigenvalue weighted by Gasteiger charge is 2.13. The van der Waals surface area contributed by atoms with Gasteiger partial charge in [0.1, 0.15) is 6.10 Å². The number of aromatic nitrogens is 2. The third-order valence-electron chi connectivity index (χ3n) is 3.19. The minimum absolute atomic E-state index is 0.0325. The molecule has 2 amide bonds. The summed E-state index contributed by atoms with van der Waals surface area (Å²) in [5, 5.41) is 5.95. The average Bonchev–Trinajstić information content (AvgIpc) is 3.03. The fraction of sp³-hybridized carbons (Fsp3) is 0.267. The van der Waals surface area contributed by atoms with Crippen LogP contribution in [0.15, 0.2) is 42.7 Å². The first-order valence-electron chi connectivity index (χ1n) is 7.06. The lowest BCUT2D eigenvalue weighted by molar-refractivity contribution is 0.124. The summed E-state index contributed by atoms with van der Waals surface area (Å²) in [6, 6.07) is 9.35. The number of ether oxygens (including phenoxy) is 1. The van der Waals surface area contributed by atoms with Crippen LogP contribution in [0.2, 0.25) is 0 Å². The third kappa shape index (κ3) is 3.82. The van der Waals surface area contributed by atoms with Crippen LogP contribution < -0.4 is 10.6 Å². The molecule has 1 aliphatic rings. The van der Waals surface area contributed by atoms with Crippen molar-refractivity contribution in [2.24, 2.45) is 0 Å². The number of carbonyl (C=O) groups excluding carboxylic acids is 1. The van der Waals surface area contributed by atoms with Gasteiger partial charge in [-0.3, -0.25) is 5.32 Å². The van der Waals surface area contributed by atoms with Crippen molar-refractivity contribution in [2.75, 3.05) is 11.9 Å².